The van der Waals surface area contributed by atoms with Gasteiger partial charge in [-0.25, -0.2) is 15.0 Å². The van der Waals surface area contributed by atoms with Gasteiger partial charge in [0.15, 0.2) is 17.5 Å². The molecule has 1 aliphatic heterocycles. The standard InChI is InChI=1S/C54H33N3O/c1-2-15-38-33-39(32-27-34(38)13-1)52-55-51(56-53(57-52)42-20-11-16-35-14-3-4-17-40(35)42)37-30-28-36(29-31-37)41-19-12-24-47-50(41)43-18-5-6-21-44(43)54(47)45-22-7-9-25-48(45)58-49-26-10-8-23-46(49)54/h1-33H. The van der Waals surface area contributed by atoms with Crippen LogP contribution in [0.5, 0.6) is 11.5 Å². The second-order valence-electron chi connectivity index (χ2n) is 15.1. The first-order valence-corrected chi connectivity index (χ1v) is 19.7. The van der Waals surface area contributed by atoms with Gasteiger partial charge in [0.2, 0.25) is 0 Å². The second-order valence-corrected chi connectivity index (χ2v) is 15.1. The fourth-order valence-electron chi connectivity index (χ4n) is 9.45. The molecule has 1 aromatic heterocycles. The summed E-state index contributed by atoms with van der Waals surface area (Å²) in [4.78, 5) is 15.4. The number of fused-ring (bicyclic) bond motifs is 11. The van der Waals surface area contributed by atoms with Crippen LogP contribution in [0.2, 0.25) is 0 Å². The van der Waals surface area contributed by atoms with Gasteiger partial charge in [-0.3, -0.25) is 0 Å². The number of benzene rings is 9. The molecule has 4 heteroatoms. The summed E-state index contributed by atoms with van der Waals surface area (Å²) in [6, 6.07) is 70.9. The molecule has 0 N–H and O–H groups in total. The number of para-hydroxylation sites is 2. The monoisotopic (exact) mass is 739 g/mol. The SMILES string of the molecule is c1ccc2c(c1)Oc1ccccc1C21c2ccccc2-c2c(-c3ccc(-c4nc(-c5ccc6ccccc6c5)nc(-c5cccc6ccccc56)n4)cc3)cccc21. The van der Waals surface area contributed by atoms with Gasteiger partial charge in [0.25, 0.3) is 0 Å². The average molecular weight is 740 g/mol. The first-order chi connectivity index (χ1) is 28.7. The molecular weight excluding hydrogens is 707 g/mol. The molecule has 0 amide bonds. The zero-order valence-electron chi connectivity index (χ0n) is 31.3. The van der Waals surface area contributed by atoms with Gasteiger partial charge in [-0.1, -0.05) is 182 Å². The number of ether oxygens (including phenoxy) is 1. The Labute approximate surface area is 335 Å². The molecule has 1 spiro atoms. The molecular formula is C54H33N3O. The van der Waals surface area contributed by atoms with Crippen molar-refractivity contribution in [2.24, 2.45) is 0 Å². The van der Waals surface area contributed by atoms with E-state index in [0.29, 0.717) is 17.5 Å². The smallest absolute Gasteiger partial charge is 0.164 e. The van der Waals surface area contributed by atoms with Crippen molar-refractivity contribution >= 4 is 21.5 Å². The Morgan fingerprint density at radius 1 is 0.328 bits per heavy atom. The summed E-state index contributed by atoms with van der Waals surface area (Å²) in [5.41, 5.74) is 12.0. The maximum absolute atomic E-state index is 6.56. The highest BCUT2D eigenvalue weighted by Crippen LogP contribution is 2.63. The lowest BCUT2D eigenvalue weighted by molar-refractivity contribution is 0.436. The van der Waals surface area contributed by atoms with E-state index in [-0.39, 0.29) is 0 Å². The minimum absolute atomic E-state index is 0.518. The molecule has 58 heavy (non-hydrogen) atoms. The van der Waals surface area contributed by atoms with Gasteiger partial charge in [0, 0.05) is 27.8 Å². The van der Waals surface area contributed by atoms with Crippen LogP contribution in [0.1, 0.15) is 22.3 Å². The Hall–Kier alpha value is -7.69. The lowest BCUT2D eigenvalue weighted by atomic mass is 9.66. The predicted octanol–water partition coefficient (Wildman–Crippen LogP) is 13.3. The van der Waals surface area contributed by atoms with E-state index in [0.717, 1.165) is 61.0 Å². The van der Waals surface area contributed by atoms with Gasteiger partial charge in [-0.2, -0.15) is 0 Å². The van der Waals surface area contributed by atoms with Gasteiger partial charge >= 0.3 is 0 Å². The number of aromatic nitrogens is 3. The van der Waals surface area contributed by atoms with Crippen molar-refractivity contribution in [3.05, 3.63) is 222 Å². The van der Waals surface area contributed by atoms with Crippen LogP contribution in [-0.2, 0) is 5.41 Å². The lowest BCUT2D eigenvalue weighted by Gasteiger charge is -2.39. The molecule has 0 unspecified atom stereocenters. The van der Waals surface area contributed by atoms with Gasteiger partial charge in [0.05, 0.1) is 5.41 Å². The van der Waals surface area contributed by atoms with Crippen molar-refractivity contribution < 1.29 is 4.74 Å². The van der Waals surface area contributed by atoms with Gasteiger partial charge in [0.1, 0.15) is 11.5 Å². The van der Waals surface area contributed by atoms with Crippen molar-refractivity contribution in [1.29, 1.82) is 0 Å². The van der Waals surface area contributed by atoms with Gasteiger partial charge in [-0.15, -0.1) is 0 Å². The quantitative estimate of drug-likeness (QED) is 0.180. The molecule has 10 aromatic rings. The Morgan fingerprint density at radius 2 is 0.845 bits per heavy atom. The third-order valence-electron chi connectivity index (χ3n) is 12.0. The summed E-state index contributed by atoms with van der Waals surface area (Å²) in [5, 5.41) is 4.57. The Bertz CT molecular complexity index is 3230. The molecule has 0 atom stereocenters. The third kappa shape index (κ3) is 4.79. The largest absolute Gasteiger partial charge is 0.457 e. The zero-order valence-corrected chi connectivity index (χ0v) is 31.3. The van der Waals surface area contributed by atoms with Crippen LogP contribution in [-0.4, -0.2) is 15.0 Å². The van der Waals surface area contributed by atoms with Crippen LogP contribution in [0.3, 0.4) is 0 Å². The maximum Gasteiger partial charge on any atom is 0.164 e. The van der Waals surface area contributed by atoms with E-state index in [4.69, 9.17) is 19.7 Å². The van der Waals surface area contributed by atoms with E-state index in [1.165, 1.54) is 33.2 Å². The molecule has 0 fully saturated rings. The van der Waals surface area contributed by atoms with E-state index in [2.05, 4.69) is 200 Å². The first-order valence-electron chi connectivity index (χ1n) is 19.7. The minimum atomic E-state index is -0.518. The van der Waals surface area contributed by atoms with Crippen LogP contribution in [0.4, 0.5) is 0 Å². The summed E-state index contributed by atoms with van der Waals surface area (Å²) in [5.74, 6) is 3.70. The van der Waals surface area contributed by atoms with Crippen LogP contribution < -0.4 is 4.74 Å². The molecule has 4 nitrogen and oxygen atoms in total. The van der Waals surface area contributed by atoms with E-state index in [1.54, 1.807) is 0 Å². The highest BCUT2D eigenvalue weighted by molar-refractivity contribution is 5.98. The molecule has 2 heterocycles. The molecule has 0 saturated carbocycles. The average Bonchev–Trinajstić information content (AvgIpc) is 3.59. The fraction of sp³-hybridized carbons (Fsp3) is 0.0185. The summed E-state index contributed by atoms with van der Waals surface area (Å²) in [7, 11) is 0. The van der Waals surface area contributed by atoms with Crippen LogP contribution >= 0.6 is 0 Å². The minimum Gasteiger partial charge on any atom is -0.457 e. The second kappa shape index (κ2) is 12.7. The Morgan fingerprint density at radius 3 is 1.64 bits per heavy atom. The molecule has 0 saturated heterocycles. The third-order valence-corrected chi connectivity index (χ3v) is 12.0. The normalized spacial score (nSPS) is 13.1. The molecule has 270 valence electrons. The highest BCUT2D eigenvalue weighted by atomic mass is 16.5. The summed E-state index contributed by atoms with van der Waals surface area (Å²) >= 11 is 0. The molecule has 9 aromatic carbocycles. The zero-order chi connectivity index (χ0) is 38.2. The molecule has 0 radical (unpaired) electrons. The number of nitrogens with zero attached hydrogens (tertiary/aromatic N) is 3. The van der Waals surface area contributed by atoms with E-state index >= 15 is 0 Å². The summed E-state index contributed by atoms with van der Waals surface area (Å²) < 4.78 is 6.56. The molecule has 0 bridgehead atoms. The predicted molar refractivity (Wildman–Crippen MR) is 234 cm³/mol. The lowest BCUT2D eigenvalue weighted by Crippen LogP contribution is -2.32. The van der Waals surface area contributed by atoms with Crippen LogP contribution in [0.15, 0.2) is 200 Å². The van der Waals surface area contributed by atoms with Crippen molar-refractivity contribution in [2.75, 3.05) is 0 Å². The first kappa shape index (κ1) is 32.5. The van der Waals surface area contributed by atoms with Crippen molar-refractivity contribution in [2.45, 2.75) is 5.41 Å². The molecule has 2 aliphatic rings. The Kier molecular flexibility index (Phi) is 7.11. The number of hydrogen-bond acceptors (Lipinski definition) is 4. The number of hydrogen-bond donors (Lipinski definition) is 0. The molecule has 1 aliphatic carbocycles. The van der Waals surface area contributed by atoms with Gasteiger partial charge in [-0.05, 0) is 73.1 Å². The maximum atomic E-state index is 6.56. The van der Waals surface area contributed by atoms with Crippen molar-refractivity contribution in [3.8, 4) is 67.9 Å². The van der Waals surface area contributed by atoms with Crippen molar-refractivity contribution in [3.63, 3.8) is 0 Å². The fourth-order valence-corrected chi connectivity index (χ4v) is 9.45. The topological polar surface area (TPSA) is 47.9 Å². The van der Waals surface area contributed by atoms with Crippen LogP contribution in [0, 0.1) is 0 Å². The number of rotatable bonds is 4. The van der Waals surface area contributed by atoms with E-state index in [9.17, 15) is 0 Å². The van der Waals surface area contributed by atoms with E-state index in [1.807, 2.05) is 0 Å². The highest BCUT2D eigenvalue weighted by Gasteiger charge is 2.51. The Balaban J connectivity index is 1.02. The molecule has 12 rings (SSSR count). The van der Waals surface area contributed by atoms with E-state index < -0.39 is 5.41 Å². The summed E-state index contributed by atoms with van der Waals surface area (Å²) in [6.45, 7) is 0. The van der Waals surface area contributed by atoms with Crippen LogP contribution in [0.25, 0.3) is 78.0 Å². The van der Waals surface area contributed by atoms with Crippen molar-refractivity contribution in [1.82, 2.24) is 15.0 Å². The summed E-state index contributed by atoms with van der Waals surface area (Å²) in [6.07, 6.45) is 0. The van der Waals surface area contributed by atoms with Gasteiger partial charge < -0.3 is 4.74 Å².